The van der Waals surface area contributed by atoms with Crippen LogP contribution in [-0.2, 0) is 19.6 Å². The van der Waals surface area contributed by atoms with Crippen LogP contribution in [0.5, 0.6) is 0 Å². The maximum atomic E-state index is 12.7. The molecule has 2 saturated heterocycles. The molecule has 1 aromatic carbocycles. The van der Waals surface area contributed by atoms with Gasteiger partial charge in [0.1, 0.15) is 0 Å². The van der Waals surface area contributed by atoms with E-state index in [0.29, 0.717) is 51.4 Å². The molecule has 2 amide bonds. The molecule has 0 bridgehead atoms. The van der Waals surface area contributed by atoms with Crippen LogP contribution in [-0.4, -0.2) is 74.1 Å². The molecule has 10 heteroatoms. The number of amides is 2. The highest BCUT2D eigenvalue weighted by Gasteiger charge is 2.29. The molecule has 3 rings (SSSR count). The number of urea groups is 1. The third kappa shape index (κ3) is 4.57. The maximum absolute atomic E-state index is 12.7. The van der Waals surface area contributed by atoms with Crippen molar-refractivity contribution < 1.29 is 27.9 Å². The number of rotatable bonds is 4. The van der Waals surface area contributed by atoms with Crippen LogP contribution in [0.4, 0.5) is 10.5 Å². The Morgan fingerprint density at radius 3 is 2.63 bits per heavy atom. The minimum Gasteiger partial charge on any atom is -0.481 e. The molecule has 0 spiro atoms. The lowest BCUT2D eigenvalue weighted by Crippen LogP contribution is -2.44. The molecule has 27 heavy (non-hydrogen) atoms. The molecular weight excluding hydrogens is 374 g/mol. The largest absolute Gasteiger partial charge is 0.481 e. The Hall–Kier alpha value is -2.17. The van der Waals surface area contributed by atoms with Gasteiger partial charge in [-0.25, -0.2) is 13.2 Å². The Bertz CT molecular complexity index is 807. The average Bonchev–Trinajstić information content (AvgIpc) is 2.69. The van der Waals surface area contributed by atoms with E-state index < -0.39 is 27.9 Å². The van der Waals surface area contributed by atoms with Crippen molar-refractivity contribution in [2.45, 2.75) is 17.7 Å². The standard InChI is InChI=1S/C17H23N3O6S/c21-16(22)13-3-2-6-19(12-13)17(23)18-14-4-1-5-15(11-14)27(24,25)20-7-9-26-10-8-20/h1,4-5,11,13H,2-3,6-10,12H2,(H,18,23)(H,21,22). The number of carbonyl (C=O) groups is 2. The van der Waals surface area contributed by atoms with Crippen LogP contribution in [0.2, 0.25) is 0 Å². The van der Waals surface area contributed by atoms with Crippen LogP contribution >= 0.6 is 0 Å². The summed E-state index contributed by atoms with van der Waals surface area (Å²) in [6.07, 6.45) is 1.17. The van der Waals surface area contributed by atoms with Crippen LogP contribution in [0.25, 0.3) is 0 Å². The Morgan fingerprint density at radius 1 is 1.19 bits per heavy atom. The number of carboxylic acid groups (broad SMARTS) is 1. The minimum absolute atomic E-state index is 0.101. The SMILES string of the molecule is O=C(O)C1CCCN(C(=O)Nc2cccc(S(=O)(=O)N3CCOCC3)c2)C1. The Labute approximate surface area is 157 Å². The minimum atomic E-state index is -3.65. The first-order chi connectivity index (χ1) is 12.9. The summed E-state index contributed by atoms with van der Waals surface area (Å²) < 4.78 is 32.0. The third-order valence-electron chi connectivity index (χ3n) is 4.75. The number of piperidine rings is 1. The molecular formula is C17H23N3O6S. The van der Waals surface area contributed by atoms with Gasteiger partial charge in [0, 0.05) is 31.9 Å². The van der Waals surface area contributed by atoms with Crippen molar-refractivity contribution in [1.82, 2.24) is 9.21 Å². The summed E-state index contributed by atoms with van der Waals surface area (Å²) in [6, 6.07) is 5.65. The first-order valence-corrected chi connectivity index (χ1v) is 10.3. The molecule has 1 unspecified atom stereocenters. The Balaban J connectivity index is 1.70. The predicted molar refractivity (Wildman–Crippen MR) is 97.0 cm³/mol. The summed E-state index contributed by atoms with van der Waals surface area (Å²) in [4.78, 5) is 25.1. The van der Waals surface area contributed by atoms with E-state index in [0.717, 1.165) is 0 Å². The van der Waals surface area contributed by atoms with Crippen molar-refractivity contribution in [3.05, 3.63) is 24.3 Å². The molecule has 2 aliphatic heterocycles. The highest BCUT2D eigenvalue weighted by atomic mass is 32.2. The molecule has 2 aliphatic rings. The molecule has 0 aliphatic carbocycles. The topological polar surface area (TPSA) is 116 Å². The number of hydrogen-bond donors (Lipinski definition) is 2. The fraction of sp³-hybridized carbons (Fsp3) is 0.529. The number of likely N-dealkylation sites (tertiary alicyclic amines) is 1. The maximum Gasteiger partial charge on any atom is 0.321 e. The predicted octanol–water partition coefficient (Wildman–Crippen LogP) is 1.04. The van der Waals surface area contributed by atoms with Gasteiger partial charge in [0.15, 0.2) is 0 Å². The third-order valence-corrected chi connectivity index (χ3v) is 6.65. The smallest absolute Gasteiger partial charge is 0.321 e. The number of anilines is 1. The molecule has 0 aromatic heterocycles. The number of ether oxygens (including phenoxy) is 1. The Morgan fingerprint density at radius 2 is 1.93 bits per heavy atom. The van der Waals surface area contributed by atoms with Crippen molar-refractivity contribution in [3.8, 4) is 0 Å². The number of carbonyl (C=O) groups excluding carboxylic acids is 1. The van der Waals surface area contributed by atoms with Crippen LogP contribution in [0.3, 0.4) is 0 Å². The van der Waals surface area contributed by atoms with Gasteiger partial charge in [0.2, 0.25) is 10.0 Å². The van der Waals surface area contributed by atoms with E-state index in [1.165, 1.54) is 21.3 Å². The van der Waals surface area contributed by atoms with E-state index in [4.69, 9.17) is 9.84 Å². The highest BCUT2D eigenvalue weighted by molar-refractivity contribution is 7.89. The molecule has 148 valence electrons. The van der Waals surface area contributed by atoms with E-state index in [-0.39, 0.29) is 11.4 Å². The van der Waals surface area contributed by atoms with Gasteiger partial charge in [-0.1, -0.05) is 6.07 Å². The van der Waals surface area contributed by atoms with Crippen molar-refractivity contribution in [2.75, 3.05) is 44.7 Å². The van der Waals surface area contributed by atoms with Crippen molar-refractivity contribution in [3.63, 3.8) is 0 Å². The number of morpholine rings is 1. The zero-order chi connectivity index (χ0) is 19.4. The second-order valence-electron chi connectivity index (χ2n) is 6.60. The number of hydrogen-bond acceptors (Lipinski definition) is 5. The summed E-state index contributed by atoms with van der Waals surface area (Å²) in [6.45, 7) is 1.92. The number of nitrogens with one attached hydrogen (secondary N) is 1. The van der Waals surface area contributed by atoms with Crippen molar-refractivity contribution in [1.29, 1.82) is 0 Å². The van der Waals surface area contributed by atoms with Gasteiger partial charge in [-0.05, 0) is 31.0 Å². The van der Waals surface area contributed by atoms with Crippen LogP contribution in [0.15, 0.2) is 29.2 Å². The van der Waals surface area contributed by atoms with Crippen LogP contribution in [0.1, 0.15) is 12.8 Å². The molecule has 2 N–H and O–H groups in total. The van der Waals surface area contributed by atoms with E-state index in [9.17, 15) is 18.0 Å². The van der Waals surface area contributed by atoms with Gasteiger partial charge in [-0.15, -0.1) is 0 Å². The number of sulfonamides is 1. The summed E-state index contributed by atoms with van der Waals surface area (Å²) in [7, 11) is -3.65. The summed E-state index contributed by atoms with van der Waals surface area (Å²) in [5.41, 5.74) is 0.354. The summed E-state index contributed by atoms with van der Waals surface area (Å²) >= 11 is 0. The number of carboxylic acids is 1. The van der Waals surface area contributed by atoms with Crippen molar-refractivity contribution in [2.24, 2.45) is 5.92 Å². The average molecular weight is 397 g/mol. The lowest BCUT2D eigenvalue weighted by atomic mass is 9.99. The van der Waals surface area contributed by atoms with Gasteiger partial charge < -0.3 is 20.1 Å². The van der Waals surface area contributed by atoms with Gasteiger partial charge in [-0.3, -0.25) is 4.79 Å². The monoisotopic (exact) mass is 397 g/mol. The second kappa shape index (κ2) is 8.24. The van der Waals surface area contributed by atoms with E-state index >= 15 is 0 Å². The zero-order valence-electron chi connectivity index (χ0n) is 14.8. The number of nitrogens with zero attached hydrogens (tertiary/aromatic N) is 2. The quantitative estimate of drug-likeness (QED) is 0.784. The lowest BCUT2D eigenvalue weighted by molar-refractivity contribution is -0.143. The fourth-order valence-corrected chi connectivity index (χ4v) is 4.69. The first-order valence-electron chi connectivity index (χ1n) is 8.84. The zero-order valence-corrected chi connectivity index (χ0v) is 15.7. The molecule has 0 saturated carbocycles. The summed E-state index contributed by atoms with van der Waals surface area (Å²) in [5.74, 6) is -1.48. The normalized spacial score (nSPS) is 21.6. The first kappa shape index (κ1) is 19.6. The van der Waals surface area contributed by atoms with Gasteiger partial charge >= 0.3 is 12.0 Å². The van der Waals surface area contributed by atoms with Crippen molar-refractivity contribution >= 4 is 27.7 Å². The number of benzene rings is 1. The van der Waals surface area contributed by atoms with E-state index in [2.05, 4.69) is 5.32 Å². The molecule has 1 atom stereocenters. The van der Waals surface area contributed by atoms with Gasteiger partial charge in [-0.2, -0.15) is 4.31 Å². The van der Waals surface area contributed by atoms with Crippen LogP contribution < -0.4 is 5.32 Å². The second-order valence-corrected chi connectivity index (χ2v) is 8.54. The highest BCUT2D eigenvalue weighted by Crippen LogP contribution is 2.22. The molecule has 1 aromatic rings. The molecule has 2 fully saturated rings. The molecule has 2 heterocycles. The fourth-order valence-electron chi connectivity index (χ4n) is 3.24. The van der Waals surface area contributed by atoms with Crippen LogP contribution in [0, 0.1) is 5.92 Å². The van der Waals surface area contributed by atoms with E-state index in [1.807, 2.05) is 0 Å². The summed E-state index contributed by atoms with van der Waals surface area (Å²) in [5, 5.41) is 11.8. The molecule has 9 nitrogen and oxygen atoms in total. The molecule has 0 radical (unpaired) electrons. The van der Waals surface area contributed by atoms with E-state index in [1.54, 1.807) is 12.1 Å². The number of aliphatic carboxylic acids is 1. The van der Waals surface area contributed by atoms with Gasteiger partial charge in [0.05, 0.1) is 24.0 Å². The van der Waals surface area contributed by atoms with Gasteiger partial charge in [0.25, 0.3) is 0 Å². The Kier molecular flexibility index (Phi) is 5.98. The lowest BCUT2D eigenvalue weighted by Gasteiger charge is -2.30.